The van der Waals surface area contributed by atoms with Crippen molar-refractivity contribution in [2.45, 2.75) is 38.0 Å². The van der Waals surface area contributed by atoms with E-state index in [1.54, 1.807) is 12.1 Å². The Morgan fingerprint density at radius 1 is 1.40 bits per heavy atom. The van der Waals surface area contributed by atoms with Crippen LogP contribution in [0.25, 0.3) is 0 Å². The second-order valence-electron chi connectivity index (χ2n) is 3.63. The summed E-state index contributed by atoms with van der Waals surface area (Å²) in [6.45, 7) is 2.05. The summed E-state index contributed by atoms with van der Waals surface area (Å²) in [5.41, 5.74) is 0.683. The molecule has 0 radical (unpaired) electrons. The predicted octanol–water partition coefficient (Wildman–Crippen LogP) is 4.82. The van der Waals surface area contributed by atoms with Crippen molar-refractivity contribution in [1.82, 2.24) is 0 Å². The lowest BCUT2D eigenvalue weighted by atomic mass is 10.1. The molecule has 1 atom stereocenters. The maximum atomic E-state index is 13.3. The smallest absolute Gasteiger partial charge is 0.126 e. The monoisotopic (exact) mass is 248 g/mol. The van der Waals surface area contributed by atoms with Gasteiger partial charge in [0.1, 0.15) is 5.82 Å². The summed E-state index contributed by atoms with van der Waals surface area (Å²) < 4.78 is 13.3. The largest absolute Gasteiger partial charge is 0.207 e. The van der Waals surface area contributed by atoms with Gasteiger partial charge in [-0.3, -0.25) is 0 Å². The molecular formula is C12H15Cl2F. The van der Waals surface area contributed by atoms with Crippen molar-refractivity contribution >= 4 is 23.2 Å². The third-order valence-electron chi connectivity index (χ3n) is 2.41. The number of hydrogen-bond donors (Lipinski definition) is 0. The Balaban J connectivity index is 2.46. The summed E-state index contributed by atoms with van der Waals surface area (Å²) in [7, 11) is 0. The summed E-state index contributed by atoms with van der Waals surface area (Å²) in [6, 6.07) is 4.67. The highest BCUT2D eigenvalue weighted by Crippen LogP contribution is 2.18. The van der Waals surface area contributed by atoms with Crippen molar-refractivity contribution in [2.75, 3.05) is 0 Å². The Morgan fingerprint density at radius 3 is 2.80 bits per heavy atom. The van der Waals surface area contributed by atoms with E-state index in [1.807, 2.05) is 0 Å². The van der Waals surface area contributed by atoms with Gasteiger partial charge >= 0.3 is 0 Å². The van der Waals surface area contributed by atoms with Crippen LogP contribution in [0.3, 0.4) is 0 Å². The van der Waals surface area contributed by atoms with Crippen LogP contribution in [0.4, 0.5) is 4.39 Å². The van der Waals surface area contributed by atoms with Crippen LogP contribution in [0.5, 0.6) is 0 Å². The molecule has 0 bridgehead atoms. The minimum absolute atomic E-state index is 0.179. The van der Waals surface area contributed by atoms with Crippen molar-refractivity contribution < 1.29 is 4.39 Å². The Bertz CT molecular complexity index is 312. The summed E-state index contributed by atoms with van der Waals surface area (Å²) in [6.07, 6.45) is 3.48. The highest BCUT2D eigenvalue weighted by atomic mass is 35.5. The fourth-order valence-corrected chi connectivity index (χ4v) is 1.80. The Morgan fingerprint density at radius 2 is 2.13 bits per heavy atom. The maximum Gasteiger partial charge on any atom is 0.126 e. The zero-order valence-corrected chi connectivity index (χ0v) is 10.3. The Labute approximate surface area is 100 Å². The number of hydrogen-bond acceptors (Lipinski definition) is 0. The standard InChI is InChI=1S/C12H15Cl2F/c1-2-10(13)5-3-4-9-8-11(14)6-7-12(9)15/h6-8,10H,2-5H2,1H3. The lowest BCUT2D eigenvalue weighted by molar-refractivity contribution is 0.595. The first-order chi connectivity index (χ1) is 7.13. The quantitative estimate of drug-likeness (QED) is 0.656. The third kappa shape index (κ3) is 4.40. The summed E-state index contributed by atoms with van der Waals surface area (Å²) in [5.74, 6) is -0.179. The van der Waals surface area contributed by atoms with E-state index in [0.717, 1.165) is 19.3 Å². The summed E-state index contributed by atoms with van der Waals surface area (Å²) >= 11 is 11.8. The van der Waals surface area contributed by atoms with E-state index in [1.165, 1.54) is 6.07 Å². The van der Waals surface area contributed by atoms with Crippen molar-refractivity contribution in [3.63, 3.8) is 0 Å². The van der Waals surface area contributed by atoms with Gasteiger partial charge in [0.15, 0.2) is 0 Å². The van der Waals surface area contributed by atoms with E-state index in [9.17, 15) is 4.39 Å². The van der Waals surface area contributed by atoms with Gasteiger partial charge in [-0.25, -0.2) is 4.39 Å². The van der Waals surface area contributed by atoms with Gasteiger partial charge in [-0.1, -0.05) is 18.5 Å². The lowest BCUT2D eigenvalue weighted by Gasteiger charge is -2.07. The number of aryl methyl sites for hydroxylation is 1. The van der Waals surface area contributed by atoms with Gasteiger partial charge in [-0.15, -0.1) is 11.6 Å². The molecule has 3 heteroatoms. The predicted molar refractivity (Wildman–Crippen MR) is 64.3 cm³/mol. The Kier molecular flexibility index (Phi) is 5.41. The number of benzene rings is 1. The van der Waals surface area contributed by atoms with Crippen molar-refractivity contribution in [1.29, 1.82) is 0 Å². The van der Waals surface area contributed by atoms with Gasteiger partial charge in [-0.2, -0.15) is 0 Å². The van der Waals surface area contributed by atoms with Crippen LogP contribution >= 0.6 is 23.2 Å². The molecule has 1 aromatic carbocycles. The SMILES string of the molecule is CCC(Cl)CCCc1cc(Cl)ccc1F. The Hall–Kier alpha value is -0.270. The van der Waals surface area contributed by atoms with E-state index in [-0.39, 0.29) is 11.2 Å². The maximum absolute atomic E-state index is 13.3. The van der Waals surface area contributed by atoms with E-state index in [2.05, 4.69) is 6.92 Å². The second-order valence-corrected chi connectivity index (χ2v) is 4.69. The van der Waals surface area contributed by atoms with Crippen LogP contribution in [0, 0.1) is 5.82 Å². The normalized spacial score (nSPS) is 12.8. The van der Waals surface area contributed by atoms with Gasteiger partial charge in [0.2, 0.25) is 0 Å². The molecule has 0 N–H and O–H groups in total. The number of alkyl halides is 1. The lowest BCUT2D eigenvalue weighted by Crippen LogP contribution is -1.98. The average Bonchev–Trinajstić information content (AvgIpc) is 2.23. The van der Waals surface area contributed by atoms with Gasteiger partial charge in [0.05, 0.1) is 0 Å². The van der Waals surface area contributed by atoms with Gasteiger partial charge in [-0.05, 0) is 49.4 Å². The van der Waals surface area contributed by atoms with Crippen LogP contribution in [-0.4, -0.2) is 5.38 Å². The molecule has 0 saturated heterocycles. The second kappa shape index (κ2) is 6.34. The van der Waals surface area contributed by atoms with Crippen molar-refractivity contribution in [3.8, 4) is 0 Å². The van der Waals surface area contributed by atoms with Crippen molar-refractivity contribution in [2.24, 2.45) is 0 Å². The van der Waals surface area contributed by atoms with Crippen LogP contribution in [-0.2, 0) is 6.42 Å². The summed E-state index contributed by atoms with van der Waals surface area (Å²) in [5, 5.41) is 0.788. The molecule has 0 fully saturated rings. The zero-order valence-electron chi connectivity index (χ0n) is 8.77. The zero-order chi connectivity index (χ0) is 11.3. The van der Waals surface area contributed by atoms with Gasteiger partial charge in [0, 0.05) is 10.4 Å². The first-order valence-corrected chi connectivity index (χ1v) is 6.03. The molecule has 0 heterocycles. The average molecular weight is 249 g/mol. The van der Waals surface area contributed by atoms with Crippen molar-refractivity contribution in [3.05, 3.63) is 34.6 Å². The fourth-order valence-electron chi connectivity index (χ4n) is 1.45. The van der Waals surface area contributed by atoms with Crippen LogP contribution in [0.1, 0.15) is 31.7 Å². The highest BCUT2D eigenvalue weighted by molar-refractivity contribution is 6.30. The van der Waals surface area contributed by atoms with Gasteiger partial charge in [0.25, 0.3) is 0 Å². The molecule has 15 heavy (non-hydrogen) atoms. The molecule has 84 valence electrons. The molecule has 1 aromatic rings. The molecule has 0 aromatic heterocycles. The molecular weight excluding hydrogens is 234 g/mol. The van der Waals surface area contributed by atoms with Gasteiger partial charge < -0.3 is 0 Å². The molecule has 0 aliphatic rings. The fraction of sp³-hybridized carbons (Fsp3) is 0.500. The first-order valence-electron chi connectivity index (χ1n) is 5.21. The van der Waals surface area contributed by atoms with Crippen LogP contribution < -0.4 is 0 Å². The molecule has 0 aliphatic carbocycles. The van der Waals surface area contributed by atoms with E-state index in [0.29, 0.717) is 17.0 Å². The number of halogens is 3. The van der Waals surface area contributed by atoms with Crippen LogP contribution in [0.15, 0.2) is 18.2 Å². The first kappa shape index (κ1) is 12.8. The number of rotatable bonds is 5. The molecule has 1 rings (SSSR count). The molecule has 0 nitrogen and oxygen atoms in total. The minimum atomic E-state index is -0.179. The molecule has 1 unspecified atom stereocenters. The topological polar surface area (TPSA) is 0 Å². The molecule has 0 saturated carbocycles. The third-order valence-corrected chi connectivity index (χ3v) is 3.18. The van der Waals surface area contributed by atoms with E-state index in [4.69, 9.17) is 23.2 Å². The molecule has 0 spiro atoms. The molecule has 0 aliphatic heterocycles. The summed E-state index contributed by atoms with van der Waals surface area (Å²) in [4.78, 5) is 0. The minimum Gasteiger partial charge on any atom is -0.207 e. The highest BCUT2D eigenvalue weighted by Gasteiger charge is 2.05. The van der Waals surface area contributed by atoms with E-state index < -0.39 is 0 Å². The van der Waals surface area contributed by atoms with Crippen LogP contribution in [0.2, 0.25) is 5.02 Å². The van der Waals surface area contributed by atoms with E-state index >= 15 is 0 Å². The molecule has 0 amide bonds.